The standard InChI is InChI=1S/C12H19N3/c13-8-7-11-5-2-4-10-15(11)12-6-1-3-9-14-12/h1,3,6,9,11H,2,4-5,7-8,10,13H2. The zero-order valence-corrected chi connectivity index (χ0v) is 9.10. The van der Waals surface area contributed by atoms with E-state index in [1.165, 1.54) is 19.3 Å². The van der Waals surface area contributed by atoms with E-state index in [9.17, 15) is 0 Å². The van der Waals surface area contributed by atoms with Crippen LogP contribution in [0.15, 0.2) is 24.4 Å². The number of hydrogen-bond donors (Lipinski definition) is 1. The Morgan fingerprint density at radius 3 is 3.07 bits per heavy atom. The molecule has 0 amide bonds. The molecule has 1 saturated heterocycles. The van der Waals surface area contributed by atoms with Gasteiger partial charge in [-0.15, -0.1) is 0 Å². The Balaban J connectivity index is 2.11. The molecule has 1 aliphatic rings. The second kappa shape index (κ2) is 5.12. The molecule has 1 fully saturated rings. The smallest absolute Gasteiger partial charge is 0.128 e. The second-order valence-corrected chi connectivity index (χ2v) is 4.11. The van der Waals surface area contributed by atoms with Crippen molar-refractivity contribution in [2.45, 2.75) is 31.7 Å². The minimum atomic E-state index is 0.596. The van der Waals surface area contributed by atoms with Gasteiger partial charge in [-0.1, -0.05) is 6.07 Å². The fourth-order valence-corrected chi connectivity index (χ4v) is 2.32. The third-order valence-electron chi connectivity index (χ3n) is 3.07. The van der Waals surface area contributed by atoms with Gasteiger partial charge in [0, 0.05) is 18.8 Å². The van der Waals surface area contributed by atoms with Crippen LogP contribution in [-0.2, 0) is 0 Å². The van der Waals surface area contributed by atoms with Gasteiger partial charge < -0.3 is 10.6 Å². The van der Waals surface area contributed by atoms with Crippen molar-refractivity contribution < 1.29 is 0 Å². The number of pyridine rings is 1. The minimum absolute atomic E-state index is 0.596. The van der Waals surface area contributed by atoms with E-state index in [1.807, 2.05) is 12.3 Å². The van der Waals surface area contributed by atoms with Crippen molar-refractivity contribution in [3.05, 3.63) is 24.4 Å². The summed E-state index contributed by atoms with van der Waals surface area (Å²) in [6, 6.07) is 6.70. The minimum Gasteiger partial charge on any atom is -0.354 e. The molecule has 2 heterocycles. The molecule has 2 rings (SSSR count). The third-order valence-corrected chi connectivity index (χ3v) is 3.07. The molecule has 82 valence electrons. The van der Waals surface area contributed by atoms with Crippen molar-refractivity contribution >= 4 is 5.82 Å². The normalized spacial score (nSPS) is 21.7. The lowest BCUT2D eigenvalue weighted by Gasteiger charge is -2.36. The maximum absolute atomic E-state index is 5.65. The SMILES string of the molecule is NCCC1CCCCN1c1ccccn1. The van der Waals surface area contributed by atoms with Crippen molar-refractivity contribution in [3.8, 4) is 0 Å². The molecule has 0 radical (unpaired) electrons. The van der Waals surface area contributed by atoms with E-state index in [1.54, 1.807) is 0 Å². The highest BCUT2D eigenvalue weighted by Gasteiger charge is 2.22. The molecule has 1 aromatic heterocycles. The molecule has 2 N–H and O–H groups in total. The number of rotatable bonds is 3. The summed E-state index contributed by atoms with van der Waals surface area (Å²) in [4.78, 5) is 6.83. The zero-order valence-electron chi connectivity index (χ0n) is 9.10. The summed E-state index contributed by atoms with van der Waals surface area (Å²) in [7, 11) is 0. The van der Waals surface area contributed by atoms with Crippen LogP contribution in [0, 0.1) is 0 Å². The number of anilines is 1. The third kappa shape index (κ3) is 2.48. The van der Waals surface area contributed by atoms with E-state index in [2.05, 4.69) is 22.0 Å². The highest BCUT2D eigenvalue weighted by Crippen LogP contribution is 2.24. The Kier molecular flexibility index (Phi) is 3.56. The number of nitrogens with zero attached hydrogens (tertiary/aromatic N) is 2. The van der Waals surface area contributed by atoms with Crippen LogP contribution >= 0.6 is 0 Å². The van der Waals surface area contributed by atoms with Gasteiger partial charge in [0.15, 0.2) is 0 Å². The first-order valence-corrected chi connectivity index (χ1v) is 5.79. The van der Waals surface area contributed by atoms with Crippen LogP contribution in [0.5, 0.6) is 0 Å². The fourth-order valence-electron chi connectivity index (χ4n) is 2.32. The Morgan fingerprint density at radius 2 is 2.33 bits per heavy atom. The molecule has 0 aromatic carbocycles. The molecule has 1 aliphatic heterocycles. The number of hydrogen-bond acceptors (Lipinski definition) is 3. The van der Waals surface area contributed by atoms with Gasteiger partial charge in [-0.3, -0.25) is 0 Å². The summed E-state index contributed by atoms with van der Waals surface area (Å²) in [5.41, 5.74) is 5.65. The first-order valence-electron chi connectivity index (χ1n) is 5.79. The molecule has 15 heavy (non-hydrogen) atoms. The Bertz CT molecular complexity index is 284. The molecule has 1 unspecified atom stereocenters. The highest BCUT2D eigenvalue weighted by molar-refractivity contribution is 5.39. The summed E-state index contributed by atoms with van der Waals surface area (Å²) in [5.74, 6) is 1.11. The monoisotopic (exact) mass is 205 g/mol. The molecule has 3 heteroatoms. The van der Waals surface area contributed by atoms with Gasteiger partial charge in [0.05, 0.1) is 0 Å². The zero-order chi connectivity index (χ0) is 10.5. The average molecular weight is 205 g/mol. The van der Waals surface area contributed by atoms with Gasteiger partial charge >= 0.3 is 0 Å². The molecule has 0 aliphatic carbocycles. The van der Waals surface area contributed by atoms with Crippen LogP contribution in [0.1, 0.15) is 25.7 Å². The van der Waals surface area contributed by atoms with E-state index in [0.29, 0.717) is 6.04 Å². The Morgan fingerprint density at radius 1 is 1.40 bits per heavy atom. The molecule has 0 spiro atoms. The predicted octanol–water partition coefficient (Wildman–Crippen LogP) is 1.79. The summed E-state index contributed by atoms with van der Waals surface area (Å²) in [6.07, 6.45) is 6.80. The van der Waals surface area contributed by atoms with Gasteiger partial charge in [0.25, 0.3) is 0 Å². The van der Waals surface area contributed by atoms with Crippen LogP contribution in [0.4, 0.5) is 5.82 Å². The lowest BCUT2D eigenvalue weighted by molar-refractivity contribution is 0.439. The van der Waals surface area contributed by atoms with Crippen LogP contribution in [0.2, 0.25) is 0 Å². The summed E-state index contributed by atoms with van der Waals surface area (Å²) in [6.45, 7) is 1.90. The van der Waals surface area contributed by atoms with Gasteiger partial charge in [-0.25, -0.2) is 4.98 Å². The van der Waals surface area contributed by atoms with Crippen LogP contribution in [0.25, 0.3) is 0 Å². The Hall–Kier alpha value is -1.09. The first kappa shape index (κ1) is 10.4. The largest absolute Gasteiger partial charge is 0.354 e. The lowest BCUT2D eigenvalue weighted by atomic mass is 9.99. The summed E-state index contributed by atoms with van der Waals surface area (Å²) < 4.78 is 0. The van der Waals surface area contributed by atoms with E-state index in [4.69, 9.17) is 5.73 Å². The Labute approximate surface area is 91.3 Å². The second-order valence-electron chi connectivity index (χ2n) is 4.11. The van der Waals surface area contributed by atoms with E-state index in [0.717, 1.165) is 25.3 Å². The first-order chi connectivity index (χ1) is 7.42. The number of aromatic nitrogens is 1. The molecule has 0 bridgehead atoms. The molecule has 1 aromatic rings. The molecular formula is C12H19N3. The van der Waals surface area contributed by atoms with E-state index < -0.39 is 0 Å². The van der Waals surface area contributed by atoms with E-state index >= 15 is 0 Å². The molecule has 0 saturated carbocycles. The average Bonchev–Trinajstić information content (AvgIpc) is 2.31. The molecular weight excluding hydrogens is 186 g/mol. The number of nitrogens with two attached hydrogens (primary N) is 1. The van der Waals surface area contributed by atoms with Crippen molar-refractivity contribution in [2.24, 2.45) is 5.73 Å². The highest BCUT2D eigenvalue weighted by atomic mass is 15.2. The molecule has 3 nitrogen and oxygen atoms in total. The molecule has 1 atom stereocenters. The van der Waals surface area contributed by atoms with Crippen molar-refractivity contribution in [3.63, 3.8) is 0 Å². The van der Waals surface area contributed by atoms with Crippen molar-refractivity contribution in [2.75, 3.05) is 18.0 Å². The summed E-state index contributed by atoms with van der Waals surface area (Å²) >= 11 is 0. The van der Waals surface area contributed by atoms with Gasteiger partial charge in [0.1, 0.15) is 5.82 Å². The maximum atomic E-state index is 5.65. The quantitative estimate of drug-likeness (QED) is 0.818. The topological polar surface area (TPSA) is 42.1 Å². The maximum Gasteiger partial charge on any atom is 0.128 e. The van der Waals surface area contributed by atoms with Crippen LogP contribution in [0.3, 0.4) is 0 Å². The van der Waals surface area contributed by atoms with Crippen LogP contribution in [-0.4, -0.2) is 24.1 Å². The van der Waals surface area contributed by atoms with Crippen molar-refractivity contribution in [1.29, 1.82) is 0 Å². The summed E-state index contributed by atoms with van der Waals surface area (Å²) in [5, 5.41) is 0. The van der Waals surface area contributed by atoms with Gasteiger partial charge in [-0.05, 0) is 44.4 Å². The fraction of sp³-hybridized carbons (Fsp3) is 0.583. The lowest BCUT2D eigenvalue weighted by Crippen LogP contribution is -2.41. The van der Waals surface area contributed by atoms with Gasteiger partial charge in [-0.2, -0.15) is 0 Å². The van der Waals surface area contributed by atoms with E-state index in [-0.39, 0.29) is 0 Å². The van der Waals surface area contributed by atoms with Gasteiger partial charge in [0.2, 0.25) is 0 Å². The number of piperidine rings is 1. The van der Waals surface area contributed by atoms with Crippen molar-refractivity contribution in [1.82, 2.24) is 4.98 Å². The van der Waals surface area contributed by atoms with Crippen LogP contribution < -0.4 is 10.6 Å². The predicted molar refractivity (Wildman–Crippen MR) is 62.9 cm³/mol.